The van der Waals surface area contributed by atoms with Crippen LogP contribution in [-0.2, 0) is 0 Å². The van der Waals surface area contributed by atoms with E-state index in [1.807, 2.05) is 20.8 Å². The van der Waals surface area contributed by atoms with Crippen molar-refractivity contribution in [3.8, 4) is 0 Å². The van der Waals surface area contributed by atoms with Crippen LogP contribution < -0.4 is 5.32 Å². The summed E-state index contributed by atoms with van der Waals surface area (Å²) in [7, 11) is 1.76. The van der Waals surface area contributed by atoms with Gasteiger partial charge in [0.05, 0.1) is 0 Å². The fourth-order valence-corrected chi connectivity index (χ4v) is 0.468. The van der Waals surface area contributed by atoms with E-state index < -0.39 is 0 Å². The maximum absolute atomic E-state index is 10.9. The number of carbonyl (C=O) groups is 1. The van der Waals surface area contributed by atoms with Gasteiger partial charge in [-0.15, -0.1) is 0 Å². The lowest BCUT2D eigenvalue weighted by Gasteiger charge is -2.19. The van der Waals surface area contributed by atoms with E-state index in [-0.39, 0.29) is 12.1 Å². The minimum absolute atomic E-state index is 0.127. The van der Waals surface area contributed by atoms with Crippen molar-refractivity contribution >= 4 is 6.03 Å². The van der Waals surface area contributed by atoms with Gasteiger partial charge in [0.1, 0.15) is 0 Å². The molecule has 0 bridgehead atoms. The standard InChI is InChI=1S/C7H15N2O/c1-5-8-7(10)9(4)6(2)3/h6H,5H2,1-4H3. The summed E-state index contributed by atoms with van der Waals surface area (Å²) < 4.78 is 0. The molecule has 2 amide bonds. The zero-order valence-electron chi connectivity index (χ0n) is 7.09. The first-order valence-corrected chi connectivity index (χ1v) is 3.53. The summed E-state index contributed by atoms with van der Waals surface area (Å²) in [6, 6.07) is 0.111. The van der Waals surface area contributed by atoms with E-state index in [9.17, 15) is 4.79 Å². The van der Waals surface area contributed by atoms with E-state index in [0.717, 1.165) is 0 Å². The van der Waals surface area contributed by atoms with Crippen molar-refractivity contribution in [3.63, 3.8) is 0 Å². The maximum Gasteiger partial charge on any atom is 0.338 e. The Balaban J connectivity index is 3.71. The van der Waals surface area contributed by atoms with Crippen molar-refractivity contribution in [2.75, 3.05) is 13.6 Å². The van der Waals surface area contributed by atoms with E-state index in [4.69, 9.17) is 0 Å². The van der Waals surface area contributed by atoms with Gasteiger partial charge < -0.3 is 4.90 Å². The summed E-state index contributed by atoms with van der Waals surface area (Å²) in [6.45, 7) is 6.34. The Labute approximate surface area is 62.4 Å². The van der Waals surface area contributed by atoms with Crippen LogP contribution in [0, 0.1) is 0 Å². The number of hydrogen-bond acceptors (Lipinski definition) is 1. The maximum atomic E-state index is 10.9. The van der Waals surface area contributed by atoms with Crippen molar-refractivity contribution in [2.45, 2.75) is 26.8 Å². The average molecular weight is 143 g/mol. The Bertz CT molecular complexity index is 112. The van der Waals surface area contributed by atoms with Crippen molar-refractivity contribution < 1.29 is 4.79 Å². The molecule has 0 aliphatic rings. The molecule has 0 rings (SSSR count). The van der Waals surface area contributed by atoms with E-state index in [1.165, 1.54) is 0 Å². The van der Waals surface area contributed by atoms with Gasteiger partial charge in [0, 0.05) is 19.6 Å². The Morgan fingerprint density at radius 3 is 2.40 bits per heavy atom. The van der Waals surface area contributed by atoms with Crippen molar-refractivity contribution in [1.29, 1.82) is 0 Å². The number of hydrogen-bond donors (Lipinski definition) is 0. The van der Waals surface area contributed by atoms with Crippen molar-refractivity contribution in [2.24, 2.45) is 0 Å². The zero-order valence-corrected chi connectivity index (χ0v) is 7.09. The molecule has 0 aliphatic carbocycles. The highest BCUT2D eigenvalue weighted by Gasteiger charge is 2.10. The highest BCUT2D eigenvalue weighted by molar-refractivity contribution is 5.73. The smallest absolute Gasteiger partial charge is 0.324 e. The van der Waals surface area contributed by atoms with Crippen LogP contribution in [0.15, 0.2) is 0 Å². The molecule has 3 nitrogen and oxygen atoms in total. The number of amides is 2. The summed E-state index contributed by atoms with van der Waals surface area (Å²) in [5.74, 6) is 0. The minimum atomic E-state index is -0.127. The lowest BCUT2D eigenvalue weighted by molar-refractivity contribution is 0.197. The van der Waals surface area contributed by atoms with Crippen LogP contribution in [-0.4, -0.2) is 30.6 Å². The summed E-state index contributed by atoms with van der Waals surface area (Å²) in [5.41, 5.74) is 0. The Morgan fingerprint density at radius 2 is 2.10 bits per heavy atom. The van der Waals surface area contributed by atoms with Gasteiger partial charge in [0.2, 0.25) is 0 Å². The third-order valence-electron chi connectivity index (χ3n) is 1.37. The summed E-state index contributed by atoms with van der Waals surface area (Å²) in [5, 5.41) is 3.73. The molecule has 0 unspecified atom stereocenters. The predicted molar refractivity (Wildman–Crippen MR) is 41.0 cm³/mol. The summed E-state index contributed by atoms with van der Waals surface area (Å²) in [4.78, 5) is 12.6. The normalized spacial score (nSPS) is 9.70. The molecule has 3 heteroatoms. The molecule has 0 heterocycles. The van der Waals surface area contributed by atoms with Crippen LogP contribution in [0.4, 0.5) is 4.79 Å². The van der Waals surface area contributed by atoms with Crippen LogP contribution in [0.2, 0.25) is 0 Å². The van der Waals surface area contributed by atoms with Gasteiger partial charge in [0.25, 0.3) is 0 Å². The van der Waals surface area contributed by atoms with E-state index in [0.29, 0.717) is 6.54 Å². The first-order chi connectivity index (χ1) is 4.59. The molecule has 0 aromatic rings. The predicted octanol–water partition coefficient (Wildman–Crippen LogP) is 1.07. The fourth-order valence-electron chi connectivity index (χ4n) is 0.468. The first kappa shape index (κ1) is 9.27. The van der Waals surface area contributed by atoms with Crippen LogP contribution in [0.5, 0.6) is 0 Å². The monoisotopic (exact) mass is 143 g/mol. The van der Waals surface area contributed by atoms with Gasteiger partial charge in [-0.1, -0.05) is 0 Å². The quantitative estimate of drug-likeness (QED) is 0.569. The molecule has 1 radical (unpaired) electrons. The molecule has 0 aromatic heterocycles. The molecule has 0 aliphatic heterocycles. The topological polar surface area (TPSA) is 34.4 Å². The Morgan fingerprint density at radius 1 is 1.60 bits per heavy atom. The molecule has 0 aromatic carbocycles. The van der Waals surface area contributed by atoms with Crippen molar-refractivity contribution in [1.82, 2.24) is 10.2 Å². The molecule has 0 saturated heterocycles. The zero-order chi connectivity index (χ0) is 8.15. The highest BCUT2D eigenvalue weighted by atomic mass is 16.2. The fraction of sp³-hybridized carbons (Fsp3) is 0.857. The van der Waals surface area contributed by atoms with Crippen LogP contribution in [0.1, 0.15) is 20.8 Å². The first-order valence-electron chi connectivity index (χ1n) is 3.53. The molecule has 59 valence electrons. The molecule has 0 spiro atoms. The van der Waals surface area contributed by atoms with Gasteiger partial charge in [0.15, 0.2) is 0 Å². The number of rotatable bonds is 2. The molecule has 10 heavy (non-hydrogen) atoms. The second kappa shape index (κ2) is 4.14. The number of urea groups is 1. The highest BCUT2D eigenvalue weighted by Crippen LogP contribution is 1.93. The lowest BCUT2D eigenvalue weighted by Crippen LogP contribution is -2.37. The van der Waals surface area contributed by atoms with E-state index in [2.05, 4.69) is 5.32 Å². The Kier molecular flexibility index (Phi) is 3.84. The second-order valence-corrected chi connectivity index (χ2v) is 2.46. The average Bonchev–Trinajstić information content (AvgIpc) is 1.87. The number of nitrogens with zero attached hydrogens (tertiary/aromatic N) is 2. The third kappa shape index (κ3) is 2.71. The van der Waals surface area contributed by atoms with E-state index >= 15 is 0 Å². The molecule has 0 fully saturated rings. The molecule has 0 atom stereocenters. The van der Waals surface area contributed by atoms with Crippen LogP contribution in [0.25, 0.3) is 0 Å². The minimum Gasteiger partial charge on any atom is -0.324 e. The van der Waals surface area contributed by atoms with Gasteiger partial charge >= 0.3 is 6.03 Å². The molecular formula is C7H15N2O. The molecule has 0 N–H and O–H groups in total. The largest absolute Gasteiger partial charge is 0.338 e. The summed E-state index contributed by atoms with van der Waals surface area (Å²) in [6.07, 6.45) is 0. The molecule has 0 saturated carbocycles. The van der Waals surface area contributed by atoms with Crippen molar-refractivity contribution in [3.05, 3.63) is 0 Å². The summed E-state index contributed by atoms with van der Waals surface area (Å²) >= 11 is 0. The lowest BCUT2D eigenvalue weighted by atomic mass is 10.4. The van der Waals surface area contributed by atoms with Crippen LogP contribution in [0.3, 0.4) is 0 Å². The van der Waals surface area contributed by atoms with Gasteiger partial charge in [-0.05, 0) is 20.8 Å². The van der Waals surface area contributed by atoms with Gasteiger partial charge in [-0.3, -0.25) is 0 Å². The molecular weight excluding hydrogens is 128 g/mol. The Hall–Kier alpha value is -0.730. The van der Waals surface area contributed by atoms with Gasteiger partial charge in [-0.25, -0.2) is 10.1 Å². The van der Waals surface area contributed by atoms with Crippen LogP contribution >= 0.6 is 0 Å². The second-order valence-electron chi connectivity index (χ2n) is 2.46. The van der Waals surface area contributed by atoms with Gasteiger partial charge in [-0.2, -0.15) is 0 Å². The SMILES string of the molecule is CC[N]C(=O)N(C)C(C)C. The number of carbonyl (C=O) groups excluding carboxylic acids is 1. The third-order valence-corrected chi connectivity index (χ3v) is 1.37. The van der Waals surface area contributed by atoms with E-state index in [1.54, 1.807) is 11.9 Å².